The van der Waals surface area contributed by atoms with Crippen molar-refractivity contribution < 1.29 is 9.84 Å². The van der Waals surface area contributed by atoms with E-state index in [-0.39, 0.29) is 0 Å². The predicted molar refractivity (Wildman–Crippen MR) is 64.4 cm³/mol. The summed E-state index contributed by atoms with van der Waals surface area (Å²) in [6.07, 6.45) is 2.83. The summed E-state index contributed by atoms with van der Waals surface area (Å²) in [6.45, 7) is 0.494. The predicted octanol–water partition coefficient (Wildman–Crippen LogP) is 1.65. The second-order valence-electron chi connectivity index (χ2n) is 3.98. The number of methoxy groups -OCH3 is 1. The third-order valence-electron chi connectivity index (χ3n) is 2.69. The highest BCUT2D eigenvalue weighted by molar-refractivity contribution is 5.34. The van der Waals surface area contributed by atoms with Crippen molar-refractivity contribution in [1.82, 2.24) is 9.78 Å². The lowest BCUT2D eigenvalue weighted by molar-refractivity contribution is 0.176. The number of hydrogen-bond donors (Lipinski definition) is 1. The molecule has 2 rings (SSSR count). The van der Waals surface area contributed by atoms with Crippen LogP contribution in [0.2, 0.25) is 0 Å². The molecule has 1 unspecified atom stereocenters. The lowest BCUT2D eigenvalue weighted by atomic mass is 9.99. The van der Waals surface area contributed by atoms with Crippen LogP contribution in [0.25, 0.3) is 0 Å². The van der Waals surface area contributed by atoms with Crippen molar-refractivity contribution in [1.29, 1.82) is 0 Å². The van der Waals surface area contributed by atoms with Crippen LogP contribution >= 0.6 is 0 Å². The summed E-state index contributed by atoms with van der Waals surface area (Å²) in [6, 6.07) is 7.71. The van der Waals surface area contributed by atoms with Gasteiger partial charge in [-0.1, -0.05) is 24.3 Å². The van der Waals surface area contributed by atoms with Crippen LogP contribution in [-0.4, -0.2) is 22.0 Å². The zero-order chi connectivity index (χ0) is 12.3. The van der Waals surface area contributed by atoms with Gasteiger partial charge in [0.1, 0.15) is 6.10 Å². The van der Waals surface area contributed by atoms with Gasteiger partial charge in [0.15, 0.2) is 0 Å². The molecule has 1 aromatic carbocycles. The molecule has 0 saturated carbocycles. The molecule has 1 aromatic heterocycles. The molecule has 4 heteroatoms. The van der Waals surface area contributed by atoms with Crippen molar-refractivity contribution in [3.63, 3.8) is 0 Å². The molecule has 1 atom stereocenters. The van der Waals surface area contributed by atoms with Crippen LogP contribution in [-0.2, 0) is 18.4 Å². The highest BCUT2D eigenvalue weighted by Gasteiger charge is 2.15. The van der Waals surface area contributed by atoms with E-state index < -0.39 is 6.10 Å². The van der Waals surface area contributed by atoms with E-state index in [9.17, 15) is 5.11 Å². The number of aromatic nitrogens is 2. The Kier molecular flexibility index (Phi) is 3.56. The summed E-state index contributed by atoms with van der Waals surface area (Å²) in [5.74, 6) is 0. The molecule has 0 aliphatic rings. The first-order valence-electron chi connectivity index (χ1n) is 5.45. The van der Waals surface area contributed by atoms with Crippen molar-refractivity contribution in [2.24, 2.45) is 7.05 Å². The molecular formula is C13H16N2O2. The van der Waals surface area contributed by atoms with Gasteiger partial charge >= 0.3 is 0 Å². The molecule has 0 bridgehead atoms. The highest BCUT2D eigenvalue weighted by Crippen LogP contribution is 2.24. The van der Waals surface area contributed by atoms with E-state index in [1.165, 1.54) is 0 Å². The summed E-state index contributed by atoms with van der Waals surface area (Å²) in [4.78, 5) is 0. The summed E-state index contributed by atoms with van der Waals surface area (Å²) in [7, 11) is 3.48. The van der Waals surface area contributed by atoms with E-state index in [1.54, 1.807) is 18.0 Å². The number of hydrogen-bond acceptors (Lipinski definition) is 3. The van der Waals surface area contributed by atoms with Crippen LogP contribution in [0.3, 0.4) is 0 Å². The lowest BCUT2D eigenvalue weighted by Gasteiger charge is -2.13. The quantitative estimate of drug-likeness (QED) is 0.872. The van der Waals surface area contributed by atoms with Crippen LogP contribution in [0.4, 0.5) is 0 Å². The zero-order valence-corrected chi connectivity index (χ0v) is 10.00. The molecule has 0 fully saturated rings. The van der Waals surface area contributed by atoms with Crippen molar-refractivity contribution in [2.75, 3.05) is 7.11 Å². The molecule has 4 nitrogen and oxygen atoms in total. The maximum absolute atomic E-state index is 10.3. The normalized spacial score (nSPS) is 12.6. The van der Waals surface area contributed by atoms with Gasteiger partial charge in [-0.15, -0.1) is 0 Å². The van der Waals surface area contributed by atoms with Gasteiger partial charge in [0, 0.05) is 25.9 Å². The Morgan fingerprint density at radius 1 is 1.41 bits per heavy atom. The van der Waals surface area contributed by atoms with Crippen LogP contribution in [0.15, 0.2) is 36.7 Å². The first-order chi connectivity index (χ1) is 8.22. The minimum Gasteiger partial charge on any atom is -0.384 e. The molecule has 0 aliphatic heterocycles. The Hall–Kier alpha value is -1.65. The average Bonchev–Trinajstić information content (AvgIpc) is 2.76. The maximum atomic E-state index is 10.3. The number of aliphatic hydroxyl groups is 1. The van der Waals surface area contributed by atoms with Gasteiger partial charge in [-0.05, 0) is 11.1 Å². The molecule has 2 aromatic rings. The lowest BCUT2D eigenvalue weighted by Crippen LogP contribution is -2.03. The number of nitrogens with zero attached hydrogens (tertiary/aromatic N) is 2. The van der Waals surface area contributed by atoms with E-state index in [2.05, 4.69) is 5.10 Å². The molecule has 1 heterocycles. The standard InChI is InChI=1S/C13H16N2O2/c1-15-8-11(7-14-15)13(16)12-6-4-3-5-10(12)9-17-2/h3-8,13,16H,9H2,1-2H3. The van der Waals surface area contributed by atoms with Crippen LogP contribution < -0.4 is 0 Å². The molecule has 0 amide bonds. The Labute approximate surface area is 100 Å². The third kappa shape index (κ3) is 2.54. The van der Waals surface area contributed by atoms with Crippen molar-refractivity contribution in [2.45, 2.75) is 12.7 Å². The summed E-state index contributed by atoms with van der Waals surface area (Å²) >= 11 is 0. The number of aliphatic hydroxyl groups excluding tert-OH is 1. The molecule has 17 heavy (non-hydrogen) atoms. The first kappa shape index (κ1) is 11.8. The molecule has 0 aliphatic carbocycles. The fraction of sp³-hybridized carbons (Fsp3) is 0.308. The van der Waals surface area contributed by atoms with Gasteiger partial charge in [0.25, 0.3) is 0 Å². The summed E-state index contributed by atoms with van der Waals surface area (Å²) in [5.41, 5.74) is 2.64. The number of ether oxygens (including phenoxy) is 1. The second-order valence-corrected chi connectivity index (χ2v) is 3.98. The molecule has 0 radical (unpaired) electrons. The number of benzene rings is 1. The van der Waals surface area contributed by atoms with Gasteiger partial charge in [0.2, 0.25) is 0 Å². The Bertz CT molecular complexity index is 494. The van der Waals surface area contributed by atoms with Crippen molar-refractivity contribution in [3.05, 3.63) is 53.3 Å². The van der Waals surface area contributed by atoms with E-state index in [0.29, 0.717) is 6.61 Å². The smallest absolute Gasteiger partial charge is 0.107 e. The Morgan fingerprint density at radius 2 is 2.18 bits per heavy atom. The number of aryl methyl sites for hydroxylation is 1. The van der Waals surface area contributed by atoms with Gasteiger partial charge in [-0.25, -0.2) is 0 Å². The van der Waals surface area contributed by atoms with Crippen molar-refractivity contribution >= 4 is 0 Å². The second kappa shape index (κ2) is 5.12. The minimum absolute atomic E-state index is 0.494. The topological polar surface area (TPSA) is 47.3 Å². The monoisotopic (exact) mass is 232 g/mol. The fourth-order valence-electron chi connectivity index (χ4n) is 1.85. The molecule has 90 valence electrons. The van der Waals surface area contributed by atoms with Crippen molar-refractivity contribution in [3.8, 4) is 0 Å². The van der Waals surface area contributed by atoms with E-state index >= 15 is 0 Å². The minimum atomic E-state index is -0.657. The molecule has 0 spiro atoms. The highest BCUT2D eigenvalue weighted by atomic mass is 16.5. The van der Waals surface area contributed by atoms with E-state index in [1.807, 2.05) is 37.5 Å². The summed E-state index contributed by atoms with van der Waals surface area (Å²) < 4.78 is 6.81. The third-order valence-corrected chi connectivity index (χ3v) is 2.69. The van der Waals surface area contributed by atoms with Crippen LogP contribution in [0, 0.1) is 0 Å². The van der Waals surface area contributed by atoms with Gasteiger partial charge < -0.3 is 9.84 Å². The van der Waals surface area contributed by atoms with E-state index in [4.69, 9.17) is 4.74 Å². The van der Waals surface area contributed by atoms with E-state index in [0.717, 1.165) is 16.7 Å². The largest absolute Gasteiger partial charge is 0.384 e. The van der Waals surface area contributed by atoms with Gasteiger partial charge in [0.05, 0.1) is 12.8 Å². The first-order valence-corrected chi connectivity index (χ1v) is 5.45. The van der Waals surface area contributed by atoms with Gasteiger partial charge in [-0.2, -0.15) is 5.10 Å². The molecule has 1 N–H and O–H groups in total. The zero-order valence-electron chi connectivity index (χ0n) is 10.00. The van der Waals surface area contributed by atoms with Crippen LogP contribution in [0.5, 0.6) is 0 Å². The molecular weight excluding hydrogens is 216 g/mol. The van der Waals surface area contributed by atoms with Gasteiger partial charge in [-0.3, -0.25) is 4.68 Å². The maximum Gasteiger partial charge on any atom is 0.107 e. The van der Waals surface area contributed by atoms with Crippen LogP contribution in [0.1, 0.15) is 22.8 Å². The number of rotatable bonds is 4. The summed E-state index contributed by atoms with van der Waals surface area (Å²) in [5, 5.41) is 14.4. The Balaban J connectivity index is 2.33. The average molecular weight is 232 g/mol. The Morgan fingerprint density at radius 3 is 2.82 bits per heavy atom. The molecule has 0 saturated heterocycles. The fourth-order valence-corrected chi connectivity index (χ4v) is 1.85. The SMILES string of the molecule is COCc1ccccc1C(O)c1cnn(C)c1.